The van der Waals surface area contributed by atoms with Crippen LogP contribution in [-0.2, 0) is 11.3 Å². The summed E-state index contributed by atoms with van der Waals surface area (Å²) in [4.78, 5) is 49.4. The number of piperidine rings is 1. The fourth-order valence-electron chi connectivity index (χ4n) is 6.27. The van der Waals surface area contributed by atoms with Crippen LogP contribution >= 0.6 is 0 Å². The third kappa shape index (κ3) is 6.29. The van der Waals surface area contributed by atoms with Crippen LogP contribution in [0, 0.1) is 11.6 Å². The number of nitrogens with one attached hydrogen (secondary N) is 2. The van der Waals surface area contributed by atoms with Crippen molar-refractivity contribution in [2.75, 3.05) is 26.2 Å². The number of H-pyrrole nitrogens is 1. The predicted octanol–water partition coefficient (Wildman–Crippen LogP) is 4.93. The molecule has 4 heterocycles. The van der Waals surface area contributed by atoms with Gasteiger partial charge in [-0.2, -0.15) is 0 Å². The minimum Gasteiger partial charge on any atom is -0.445 e. The number of ether oxygens (including phenoxy) is 1. The van der Waals surface area contributed by atoms with Crippen LogP contribution in [0.1, 0.15) is 48.8 Å². The molecule has 2 atom stereocenters. The van der Waals surface area contributed by atoms with E-state index in [4.69, 9.17) is 4.74 Å². The molecule has 0 aliphatic carbocycles. The van der Waals surface area contributed by atoms with Gasteiger partial charge >= 0.3 is 17.8 Å². The topological polar surface area (TPSA) is 113 Å². The van der Waals surface area contributed by atoms with E-state index in [2.05, 4.69) is 15.3 Å². The molecule has 6 rings (SSSR count). The highest BCUT2D eigenvalue weighted by Gasteiger charge is 2.33. The molecule has 44 heavy (non-hydrogen) atoms. The van der Waals surface area contributed by atoms with Crippen molar-refractivity contribution in [2.24, 2.45) is 0 Å². The molecule has 3 amide bonds. The zero-order chi connectivity index (χ0) is 30.6. The number of pyridine rings is 1. The Balaban J connectivity index is 1.12. The number of hydrogen-bond acceptors (Lipinski definition) is 5. The quantitative estimate of drug-likeness (QED) is 0.336. The first kappa shape index (κ1) is 29.3. The maximum atomic E-state index is 14.8. The lowest BCUT2D eigenvalue weighted by atomic mass is 9.93. The molecule has 2 aliphatic rings. The van der Waals surface area contributed by atoms with E-state index in [0.29, 0.717) is 44.4 Å². The molecule has 2 N–H and O–H groups in total. The number of carbonyl (C=O) groups is 2. The summed E-state index contributed by atoms with van der Waals surface area (Å²) in [6, 6.07) is 16.2. The molecule has 230 valence electrons. The van der Waals surface area contributed by atoms with E-state index >= 15 is 0 Å². The smallest absolute Gasteiger partial charge is 0.410 e. The molecule has 2 aromatic heterocycles. The molecule has 2 fully saturated rings. The van der Waals surface area contributed by atoms with Crippen LogP contribution in [0.2, 0.25) is 0 Å². The van der Waals surface area contributed by atoms with Gasteiger partial charge in [-0.05, 0) is 55.0 Å². The van der Waals surface area contributed by atoms with Gasteiger partial charge < -0.3 is 19.9 Å². The number of aromatic amines is 1. The van der Waals surface area contributed by atoms with Gasteiger partial charge in [-0.15, -0.1) is 0 Å². The van der Waals surface area contributed by atoms with Crippen molar-refractivity contribution in [1.82, 2.24) is 29.7 Å². The van der Waals surface area contributed by atoms with Gasteiger partial charge in [0.05, 0.1) is 5.52 Å². The van der Waals surface area contributed by atoms with Crippen LogP contribution in [0.25, 0.3) is 11.2 Å². The van der Waals surface area contributed by atoms with Crippen LogP contribution in [0.5, 0.6) is 0 Å². The average Bonchev–Trinajstić information content (AvgIpc) is 3.23. The number of halogens is 2. The number of imidazole rings is 1. The number of fused-ring (bicyclic) bond motifs is 1. The molecule has 0 radical (unpaired) electrons. The molecular weight excluding hydrogens is 570 g/mol. The van der Waals surface area contributed by atoms with Crippen molar-refractivity contribution in [3.05, 3.63) is 100 Å². The summed E-state index contributed by atoms with van der Waals surface area (Å²) in [5.74, 6) is -2.34. The van der Waals surface area contributed by atoms with Crippen molar-refractivity contribution in [1.29, 1.82) is 0 Å². The van der Waals surface area contributed by atoms with E-state index in [-0.39, 0.29) is 43.0 Å². The Labute approximate surface area is 252 Å². The fourth-order valence-corrected chi connectivity index (χ4v) is 6.27. The third-order valence-electron chi connectivity index (χ3n) is 8.56. The second-order valence-corrected chi connectivity index (χ2v) is 11.4. The van der Waals surface area contributed by atoms with Crippen LogP contribution in [0.15, 0.2) is 71.7 Å². The minimum absolute atomic E-state index is 0.0662. The average molecular weight is 605 g/mol. The number of carbonyl (C=O) groups excluding carboxylic acids is 2. The summed E-state index contributed by atoms with van der Waals surface area (Å²) in [7, 11) is 0. The lowest BCUT2D eigenvalue weighted by Gasteiger charge is -2.34. The van der Waals surface area contributed by atoms with Crippen LogP contribution in [0.4, 0.5) is 18.4 Å². The maximum Gasteiger partial charge on any atom is 0.410 e. The normalized spacial score (nSPS) is 19.5. The highest BCUT2D eigenvalue weighted by molar-refractivity contribution is 5.75. The Morgan fingerprint density at radius 3 is 2.52 bits per heavy atom. The number of urea groups is 1. The van der Waals surface area contributed by atoms with Crippen molar-refractivity contribution >= 4 is 23.3 Å². The Bertz CT molecular complexity index is 1690. The second kappa shape index (κ2) is 12.9. The van der Waals surface area contributed by atoms with E-state index in [9.17, 15) is 23.2 Å². The molecule has 2 aromatic carbocycles. The van der Waals surface area contributed by atoms with Crippen molar-refractivity contribution in [3.8, 4) is 0 Å². The molecule has 2 saturated heterocycles. The lowest BCUT2D eigenvalue weighted by molar-refractivity contribution is 0.0927. The summed E-state index contributed by atoms with van der Waals surface area (Å²) >= 11 is 0. The SMILES string of the molecule is O=C(N[C@@H]1CC[C@@H](c2cccc(F)c2F)CN(C(=O)OCc2ccccc2)C1)N1CCC(n2c(=O)[nH]c3ncccc32)CC1. The third-order valence-corrected chi connectivity index (χ3v) is 8.56. The number of likely N-dealkylation sites (tertiary alicyclic amines) is 2. The van der Waals surface area contributed by atoms with Crippen LogP contribution in [0.3, 0.4) is 0 Å². The number of hydrogen-bond donors (Lipinski definition) is 2. The number of benzene rings is 2. The van der Waals surface area contributed by atoms with Crippen molar-refractivity contribution < 1.29 is 23.1 Å². The number of amides is 3. The first-order chi connectivity index (χ1) is 21.4. The number of aromatic nitrogens is 3. The number of nitrogens with zero attached hydrogens (tertiary/aromatic N) is 4. The van der Waals surface area contributed by atoms with Gasteiger partial charge in [-0.1, -0.05) is 42.5 Å². The number of rotatable bonds is 5. The minimum atomic E-state index is -0.940. The molecule has 10 nitrogen and oxygen atoms in total. The largest absolute Gasteiger partial charge is 0.445 e. The molecule has 4 aromatic rings. The van der Waals surface area contributed by atoms with E-state index in [1.807, 2.05) is 36.4 Å². The lowest BCUT2D eigenvalue weighted by Crippen LogP contribution is -2.51. The van der Waals surface area contributed by atoms with Gasteiger partial charge in [-0.25, -0.2) is 28.1 Å². The monoisotopic (exact) mass is 604 g/mol. The standard InChI is InChI=1S/C32H34F2N6O4/c33-26-9-4-8-25(28(26)34)22-11-12-23(19-39(18-22)32(43)44-20-21-6-2-1-3-7-21)36-30(41)38-16-13-24(14-17-38)40-27-10-5-15-35-29(27)37-31(40)42/h1-10,15,22-24H,11-14,16-20H2,(H,36,41)(H,35,37,42)/t22-,23-/m1/s1. The maximum absolute atomic E-state index is 14.8. The Morgan fingerprint density at radius 1 is 0.932 bits per heavy atom. The predicted molar refractivity (Wildman–Crippen MR) is 159 cm³/mol. The van der Waals surface area contributed by atoms with Crippen molar-refractivity contribution in [2.45, 2.75) is 50.3 Å². The highest BCUT2D eigenvalue weighted by atomic mass is 19.2. The summed E-state index contributed by atoms with van der Waals surface area (Å²) in [5, 5.41) is 3.06. The summed E-state index contributed by atoms with van der Waals surface area (Å²) in [5.41, 5.74) is 2.07. The fraction of sp³-hybridized carbons (Fsp3) is 0.375. The van der Waals surface area contributed by atoms with E-state index in [0.717, 1.165) is 17.1 Å². The van der Waals surface area contributed by atoms with Crippen LogP contribution < -0.4 is 11.0 Å². The summed E-state index contributed by atoms with van der Waals surface area (Å²) in [6.45, 7) is 1.25. The van der Waals surface area contributed by atoms with Gasteiger partial charge in [0.25, 0.3) is 0 Å². The second-order valence-electron chi connectivity index (χ2n) is 11.4. The first-order valence-electron chi connectivity index (χ1n) is 14.9. The van der Waals surface area contributed by atoms with Gasteiger partial charge in [-0.3, -0.25) is 9.55 Å². The first-order valence-corrected chi connectivity index (χ1v) is 14.9. The summed E-state index contributed by atoms with van der Waals surface area (Å²) < 4.78 is 36.2. The zero-order valence-corrected chi connectivity index (χ0v) is 24.1. The summed E-state index contributed by atoms with van der Waals surface area (Å²) in [6.07, 6.45) is 3.13. The van der Waals surface area contributed by atoms with Crippen LogP contribution in [-0.4, -0.2) is 68.7 Å². The Kier molecular flexibility index (Phi) is 8.58. The van der Waals surface area contributed by atoms with Gasteiger partial charge in [0.1, 0.15) is 6.61 Å². The Morgan fingerprint density at radius 2 is 1.73 bits per heavy atom. The molecular formula is C32H34F2N6O4. The molecule has 0 unspecified atom stereocenters. The highest BCUT2D eigenvalue weighted by Crippen LogP contribution is 2.30. The molecule has 12 heteroatoms. The van der Waals surface area contributed by atoms with Gasteiger partial charge in [0.15, 0.2) is 17.3 Å². The molecule has 0 bridgehead atoms. The Hall–Kier alpha value is -4.74. The molecule has 0 saturated carbocycles. The van der Waals surface area contributed by atoms with Gasteiger partial charge in [0.2, 0.25) is 0 Å². The van der Waals surface area contributed by atoms with E-state index in [1.54, 1.807) is 21.7 Å². The van der Waals surface area contributed by atoms with E-state index < -0.39 is 29.7 Å². The zero-order valence-electron chi connectivity index (χ0n) is 24.1. The molecule has 0 spiro atoms. The molecule has 2 aliphatic heterocycles. The van der Waals surface area contributed by atoms with E-state index in [1.165, 1.54) is 17.0 Å². The van der Waals surface area contributed by atoms with Gasteiger partial charge in [0, 0.05) is 50.4 Å². The van der Waals surface area contributed by atoms with Crippen molar-refractivity contribution in [3.63, 3.8) is 0 Å².